The van der Waals surface area contributed by atoms with E-state index in [2.05, 4.69) is 41.5 Å². The Hall–Kier alpha value is -1.67. The Balaban J connectivity index is 1.80. The van der Waals surface area contributed by atoms with Gasteiger partial charge in [-0.3, -0.25) is 4.98 Å². The lowest BCUT2D eigenvalue weighted by atomic mass is 10.0. The maximum Gasteiger partial charge on any atom is 0.0704 e. The van der Waals surface area contributed by atoms with Gasteiger partial charge in [0.05, 0.1) is 5.69 Å². The molecular weight excluding hydrogens is 220 g/mol. The molecule has 0 unspecified atom stereocenters. The van der Waals surface area contributed by atoms with Crippen LogP contribution in [-0.4, -0.2) is 11.0 Å². The maximum atomic E-state index is 4.41. The molecule has 0 atom stereocenters. The van der Waals surface area contributed by atoms with E-state index in [-0.39, 0.29) is 0 Å². The second-order valence-electron chi connectivity index (χ2n) is 5.02. The van der Waals surface area contributed by atoms with Gasteiger partial charge < -0.3 is 5.32 Å². The number of rotatable bonds is 4. The first kappa shape index (κ1) is 11.4. The van der Waals surface area contributed by atoms with Crippen molar-refractivity contribution in [3.05, 3.63) is 53.7 Å². The van der Waals surface area contributed by atoms with Gasteiger partial charge in [0.15, 0.2) is 0 Å². The van der Waals surface area contributed by atoms with Crippen LogP contribution in [0.1, 0.15) is 24.0 Å². The lowest BCUT2D eigenvalue weighted by molar-refractivity contribution is 0.687. The molecule has 1 saturated carbocycles. The van der Waals surface area contributed by atoms with E-state index in [1.54, 1.807) is 0 Å². The third-order valence-corrected chi connectivity index (χ3v) is 3.40. The summed E-state index contributed by atoms with van der Waals surface area (Å²) in [7, 11) is 0. The van der Waals surface area contributed by atoms with E-state index in [1.165, 1.54) is 29.5 Å². The van der Waals surface area contributed by atoms with Crippen molar-refractivity contribution in [1.29, 1.82) is 0 Å². The molecule has 3 rings (SSSR count). The zero-order chi connectivity index (χ0) is 12.4. The van der Waals surface area contributed by atoms with Crippen LogP contribution in [0.15, 0.2) is 42.6 Å². The molecule has 2 nitrogen and oxygen atoms in total. The summed E-state index contributed by atoms with van der Waals surface area (Å²) in [4.78, 5) is 4.41. The monoisotopic (exact) mass is 238 g/mol. The first-order valence-electron chi connectivity index (χ1n) is 6.57. The Morgan fingerprint density at radius 1 is 1.22 bits per heavy atom. The molecule has 1 N–H and O–H groups in total. The van der Waals surface area contributed by atoms with Crippen molar-refractivity contribution in [2.24, 2.45) is 0 Å². The van der Waals surface area contributed by atoms with E-state index in [9.17, 15) is 0 Å². The average molecular weight is 238 g/mol. The molecule has 0 bridgehead atoms. The molecule has 1 fully saturated rings. The highest BCUT2D eigenvalue weighted by molar-refractivity contribution is 5.63. The van der Waals surface area contributed by atoms with Gasteiger partial charge in [-0.1, -0.05) is 24.3 Å². The van der Waals surface area contributed by atoms with E-state index in [0.717, 1.165) is 18.3 Å². The molecule has 18 heavy (non-hydrogen) atoms. The summed E-state index contributed by atoms with van der Waals surface area (Å²) in [6.07, 6.45) is 4.52. The van der Waals surface area contributed by atoms with Gasteiger partial charge in [-0.25, -0.2) is 0 Å². The molecule has 2 aromatic rings. The van der Waals surface area contributed by atoms with E-state index in [0.29, 0.717) is 0 Å². The number of hydrogen-bond donors (Lipinski definition) is 1. The number of nitrogens with zero attached hydrogens (tertiary/aromatic N) is 1. The average Bonchev–Trinajstić information content (AvgIpc) is 3.21. The summed E-state index contributed by atoms with van der Waals surface area (Å²) >= 11 is 0. The Kier molecular flexibility index (Phi) is 3.11. The van der Waals surface area contributed by atoms with Crippen LogP contribution in [0.4, 0.5) is 0 Å². The number of hydrogen-bond acceptors (Lipinski definition) is 2. The van der Waals surface area contributed by atoms with Gasteiger partial charge in [0.1, 0.15) is 0 Å². The van der Waals surface area contributed by atoms with E-state index in [1.807, 2.05) is 18.3 Å². The van der Waals surface area contributed by atoms with Crippen molar-refractivity contribution in [1.82, 2.24) is 10.3 Å². The van der Waals surface area contributed by atoms with Crippen molar-refractivity contribution >= 4 is 0 Å². The zero-order valence-corrected chi connectivity index (χ0v) is 10.7. The molecule has 1 aliphatic rings. The summed E-state index contributed by atoms with van der Waals surface area (Å²) < 4.78 is 0. The molecule has 0 aliphatic heterocycles. The van der Waals surface area contributed by atoms with Gasteiger partial charge in [0.2, 0.25) is 0 Å². The number of benzene rings is 1. The molecule has 1 heterocycles. The highest BCUT2D eigenvalue weighted by Gasteiger charge is 2.19. The van der Waals surface area contributed by atoms with Gasteiger partial charge in [-0.2, -0.15) is 0 Å². The molecule has 0 saturated heterocycles. The minimum atomic E-state index is 0.765. The summed E-state index contributed by atoms with van der Waals surface area (Å²) in [6, 6.07) is 13.5. The molecule has 1 aliphatic carbocycles. The normalized spacial score (nSPS) is 14.7. The molecule has 0 amide bonds. The first-order valence-corrected chi connectivity index (χ1v) is 6.57. The van der Waals surface area contributed by atoms with Crippen molar-refractivity contribution in [2.75, 3.05) is 0 Å². The van der Waals surface area contributed by atoms with Gasteiger partial charge >= 0.3 is 0 Å². The quantitative estimate of drug-likeness (QED) is 0.884. The molecular formula is C16H18N2. The van der Waals surface area contributed by atoms with Crippen LogP contribution < -0.4 is 5.32 Å². The fraction of sp³-hybridized carbons (Fsp3) is 0.312. The fourth-order valence-electron chi connectivity index (χ4n) is 2.19. The summed E-state index contributed by atoms with van der Waals surface area (Å²) in [5.41, 5.74) is 4.94. The number of aromatic nitrogens is 1. The molecule has 2 heteroatoms. The SMILES string of the molecule is Cc1cc(CNC2CC2)ccc1-c1ccccn1. The van der Waals surface area contributed by atoms with Gasteiger partial charge in [0.25, 0.3) is 0 Å². The molecule has 1 aromatic carbocycles. The van der Waals surface area contributed by atoms with Crippen LogP contribution in [0.2, 0.25) is 0 Å². The van der Waals surface area contributed by atoms with Crippen molar-refractivity contribution in [2.45, 2.75) is 32.4 Å². The Morgan fingerprint density at radius 2 is 2.11 bits per heavy atom. The third-order valence-electron chi connectivity index (χ3n) is 3.40. The first-order chi connectivity index (χ1) is 8.83. The second-order valence-corrected chi connectivity index (χ2v) is 5.02. The maximum absolute atomic E-state index is 4.41. The number of aryl methyl sites for hydroxylation is 1. The lowest BCUT2D eigenvalue weighted by Gasteiger charge is -2.09. The fourth-order valence-corrected chi connectivity index (χ4v) is 2.19. The van der Waals surface area contributed by atoms with Gasteiger partial charge in [0, 0.05) is 24.3 Å². The second kappa shape index (κ2) is 4.91. The van der Waals surface area contributed by atoms with E-state index < -0.39 is 0 Å². The van der Waals surface area contributed by atoms with Crippen LogP contribution in [0, 0.1) is 6.92 Å². The molecule has 0 radical (unpaired) electrons. The predicted molar refractivity (Wildman–Crippen MR) is 74.3 cm³/mol. The highest BCUT2D eigenvalue weighted by atomic mass is 14.9. The summed E-state index contributed by atoms with van der Waals surface area (Å²) in [5, 5.41) is 3.54. The number of pyridine rings is 1. The van der Waals surface area contributed by atoms with Crippen molar-refractivity contribution in [3.8, 4) is 11.3 Å². The Bertz CT molecular complexity index is 530. The van der Waals surface area contributed by atoms with Crippen molar-refractivity contribution < 1.29 is 0 Å². The highest BCUT2D eigenvalue weighted by Crippen LogP contribution is 2.23. The molecule has 0 spiro atoms. The minimum absolute atomic E-state index is 0.765. The standard InChI is InChI=1S/C16H18N2/c1-12-10-13(11-18-14-6-7-14)5-8-15(12)16-4-2-3-9-17-16/h2-5,8-10,14,18H,6-7,11H2,1H3. The lowest BCUT2D eigenvalue weighted by Crippen LogP contribution is -2.15. The topological polar surface area (TPSA) is 24.9 Å². The zero-order valence-electron chi connectivity index (χ0n) is 10.7. The number of nitrogens with one attached hydrogen (secondary N) is 1. The Morgan fingerprint density at radius 3 is 2.78 bits per heavy atom. The van der Waals surface area contributed by atoms with Crippen molar-refractivity contribution in [3.63, 3.8) is 0 Å². The summed E-state index contributed by atoms with van der Waals surface area (Å²) in [6.45, 7) is 3.14. The minimum Gasteiger partial charge on any atom is -0.310 e. The summed E-state index contributed by atoms with van der Waals surface area (Å²) in [5.74, 6) is 0. The smallest absolute Gasteiger partial charge is 0.0704 e. The van der Waals surface area contributed by atoms with Crippen LogP contribution in [0.3, 0.4) is 0 Å². The van der Waals surface area contributed by atoms with Gasteiger partial charge in [-0.05, 0) is 43.0 Å². The molecule has 1 aromatic heterocycles. The predicted octanol–water partition coefficient (Wildman–Crippen LogP) is 3.31. The third kappa shape index (κ3) is 2.59. The van der Waals surface area contributed by atoms with E-state index in [4.69, 9.17) is 0 Å². The molecule has 92 valence electrons. The Labute approximate surface area is 108 Å². The van der Waals surface area contributed by atoms with Crippen LogP contribution >= 0.6 is 0 Å². The largest absolute Gasteiger partial charge is 0.310 e. The van der Waals surface area contributed by atoms with Gasteiger partial charge in [-0.15, -0.1) is 0 Å². The van der Waals surface area contributed by atoms with Crippen LogP contribution in [0.25, 0.3) is 11.3 Å². The van der Waals surface area contributed by atoms with Crippen LogP contribution in [-0.2, 0) is 6.54 Å². The van der Waals surface area contributed by atoms with Crippen LogP contribution in [0.5, 0.6) is 0 Å². The van der Waals surface area contributed by atoms with E-state index >= 15 is 0 Å².